The number of rotatable bonds is 11. The minimum Gasteiger partial charge on any atom is -0.453 e. The standard InChI is InChI=1S/C53H66F3N9O9/c1-30(2)44(61-49(70)72-8)47(68)65-40-12-10-9-11-34(40)23-41(65)45-58-27-39(60-45)33-15-13-32(14-16-33)38-19-17-35(24-42(38)73-53(54,55)56)46(67)59-36-18-20-43(57-26-36)63-22-21-62(28-31(63)3)48(69)52(7)25-37(66)29-64(52)50(71)74-51(4,5)6/h13-20,24,26-27,30-31,34,37,40-41,44,66H,9-12,21-23,25,28-29H2,1-8H3,(H,58,60)(H,59,67)(H,61,70)/t31-,34+,37-,40+,41+,44+,52+/m1/s1. The highest BCUT2D eigenvalue weighted by molar-refractivity contribution is 6.05. The van der Waals surface area contributed by atoms with Gasteiger partial charge in [-0.15, -0.1) is 13.2 Å². The second-order valence-corrected chi connectivity index (χ2v) is 21.4. The van der Waals surface area contributed by atoms with Crippen molar-refractivity contribution in [2.45, 2.75) is 135 Å². The number of carbonyl (C=O) groups is 5. The fourth-order valence-electron chi connectivity index (χ4n) is 11.0. The number of alkyl halides is 3. The number of hydrogen-bond acceptors (Lipinski definition) is 12. The maximum Gasteiger partial charge on any atom is 0.573 e. The van der Waals surface area contributed by atoms with Crippen LogP contribution < -0.4 is 20.3 Å². The number of anilines is 2. The maximum absolute atomic E-state index is 14.2. The number of nitrogens with one attached hydrogen (secondary N) is 3. The normalized spacial score (nSPS) is 23.6. The van der Waals surface area contributed by atoms with Gasteiger partial charge in [0.1, 0.15) is 34.6 Å². The minimum atomic E-state index is -5.07. The molecule has 18 nitrogen and oxygen atoms in total. The zero-order chi connectivity index (χ0) is 53.4. The first-order valence-corrected chi connectivity index (χ1v) is 25.2. The van der Waals surface area contributed by atoms with Gasteiger partial charge in [0.15, 0.2) is 0 Å². The third kappa shape index (κ3) is 11.6. The summed E-state index contributed by atoms with van der Waals surface area (Å²) < 4.78 is 56.6. The summed E-state index contributed by atoms with van der Waals surface area (Å²) in [4.78, 5) is 86.7. The quantitative estimate of drug-likeness (QED) is 0.112. The number of aromatic nitrogens is 3. The monoisotopic (exact) mass is 1030 g/mol. The molecule has 2 aromatic carbocycles. The van der Waals surface area contributed by atoms with Crippen molar-refractivity contribution in [3.05, 3.63) is 78.4 Å². The van der Waals surface area contributed by atoms with Crippen molar-refractivity contribution >= 4 is 41.4 Å². The number of β-amino-alcohol motifs (C(OH)–C–C–N with tert-alkyl or cyclic N) is 1. The molecule has 0 unspecified atom stereocenters. The number of amides is 5. The van der Waals surface area contributed by atoms with Crippen molar-refractivity contribution in [2.24, 2.45) is 11.8 Å². The molecule has 0 spiro atoms. The van der Waals surface area contributed by atoms with Crippen LogP contribution in [0.1, 0.15) is 109 Å². The molecule has 5 amide bonds. The Balaban J connectivity index is 0.926. The second kappa shape index (κ2) is 21.1. The number of alkyl carbamates (subject to hydrolysis) is 1. The van der Waals surface area contributed by atoms with Crippen LogP contribution in [0.4, 0.5) is 34.3 Å². The largest absolute Gasteiger partial charge is 0.573 e. The Labute approximate surface area is 428 Å². The van der Waals surface area contributed by atoms with Gasteiger partial charge in [-0.3, -0.25) is 19.3 Å². The Morgan fingerprint density at radius 1 is 0.919 bits per heavy atom. The SMILES string of the molecule is COC(=O)N[C@H](C(=O)N1[C@H](c2ncc(-c3ccc(-c4ccc(C(=O)Nc5ccc(N6CCN(C(=O)[C@]7(C)C[C@@H](O)CN7C(=O)OC(C)(C)C)C[C@H]6C)nc5)cc4OC(F)(F)F)cc3)[nH]2)C[C@@H]2CCCC[C@@H]21)C(C)C. The summed E-state index contributed by atoms with van der Waals surface area (Å²) in [7, 11) is 1.26. The van der Waals surface area contributed by atoms with Gasteiger partial charge in [0, 0.05) is 49.3 Å². The first-order chi connectivity index (χ1) is 34.9. The molecule has 0 radical (unpaired) electrons. The van der Waals surface area contributed by atoms with E-state index in [9.17, 15) is 42.3 Å². The number of carbonyl (C=O) groups excluding carboxylic acids is 5. The number of aliphatic hydroxyl groups excluding tert-OH is 1. The Morgan fingerprint density at radius 3 is 2.28 bits per heavy atom. The number of nitrogens with zero attached hydrogens (tertiary/aromatic N) is 6. The van der Waals surface area contributed by atoms with Crippen molar-refractivity contribution in [2.75, 3.05) is 43.5 Å². The van der Waals surface area contributed by atoms with Gasteiger partial charge in [0.05, 0.1) is 49.6 Å². The number of H-pyrrole nitrogens is 1. The molecule has 3 aliphatic heterocycles. The smallest absolute Gasteiger partial charge is 0.453 e. The first-order valence-electron chi connectivity index (χ1n) is 25.2. The molecule has 8 rings (SSSR count). The van der Waals surface area contributed by atoms with Crippen LogP contribution in [0, 0.1) is 11.8 Å². The molecule has 5 heterocycles. The van der Waals surface area contributed by atoms with Crippen LogP contribution in [-0.4, -0.2) is 140 Å². The maximum atomic E-state index is 14.2. The van der Waals surface area contributed by atoms with Crippen LogP contribution in [0.3, 0.4) is 0 Å². The van der Waals surface area contributed by atoms with Gasteiger partial charge >= 0.3 is 18.5 Å². The molecule has 398 valence electrons. The van der Waals surface area contributed by atoms with E-state index < -0.39 is 53.5 Å². The van der Waals surface area contributed by atoms with Crippen molar-refractivity contribution in [3.63, 3.8) is 0 Å². The Morgan fingerprint density at radius 2 is 1.64 bits per heavy atom. The van der Waals surface area contributed by atoms with Crippen molar-refractivity contribution in [3.8, 4) is 28.1 Å². The molecule has 0 bridgehead atoms. The average Bonchev–Trinajstić information content (AvgIpc) is 4.08. The number of methoxy groups -OCH3 is 1. The van der Waals surface area contributed by atoms with Crippen LogP contribution in [0.15, 0.2) is 67.0 Å². The number of aliphatic hydroxyl groups is 1. The number of hydrogen-bond donors (Lipinski definition) is 4. The van der Waals surface area contributed by atoms with Crippen molar-refractivity contribution in [1.29, 1.82) is 0 Å². The summed E-state index contributed by atoms with van der Waals surface area (Å²) in [6, 6.07) is 12.6. The van der Waals surface area contributed by atoms with E-state index in [1.807, 2.05) is 30.6 Å². The Hall–Kier alpha value is -6.90. The van der Waals surface area contributed by atoms with E-state index in [-0.39, 0.29) is 71.6 Å². The fourth-order valence-corrected chi connectivity index (χ4v) is 11.0. The summed E-state index contributed by atoms with van der Waals surface area (Å²) in [5, 5.41) is 16.0. The van der Waals surface area contributed by atoms with Gasteiger partial charge in [0.25, 0.3) is 5.91 Å². The summed E-state index contributed by atoms with van der Waals surface area (Å²) in [6.07, 6.45) is 0.484. The Bertz CT molecular complexity index is 2710. The highest BCUT2D eigenvalue weighted by Crippen LogP contribution is 2.47. The highest BCUT2D eigenvalue weighted by Gasteiger charge is 2.53. The molecule has 2 aromatic heterocycles. The van der Waals surface area contributed by atoms with E-state index in [1.165, 1.54) is 30.3 Å². The highest BCUT2D eigenvalue weighted by atomic mass is 19.4. The van der Waals surface area contributed by atoms with E-state index in [2.05, 4.69) is 25.3 Å². The summed E-state index contributed by atoms with van der Waals surface area (Å²) in [6.45, 7) is 13.5. The number of aromatic amines is 1. The summed E-state index contributed by atoms with van der Waals surface area (Å²) in [5.74, 6) is -0.513. The lowest BCUT2D eigenvalue weighted by atomic mass is 9.84. The molecular formula is C53H66F3N9O9. The number of piperazine rings is 1. The molecule has 4 fully saturated rings. The minimum absolute atomic E-state index is 0.000649. The zero-order valence-electron chi connectivity index (χ0n) is 43.0. The molecular weight excluding hydrogens is 964 g/mol. The Kier molecular flexibility index (Phi) is 15.3. The van der Waals surface area contributed by atoms with Gasteiger partial charge in [0.2, 0.25) is 11.8 Å². The van der Waals surface area contributed by atoms with Gasteiger partial charge in [-0.1, -0.05) is 51.0 Å². The van der Waals surface area contributed by atoms with Gasteiger partial charge in [-0.05, 0) is 107 Å². The topological polar surface area (TPSA) is 212 Å². The van der Waals surface area contributed by atoms with Crippen LogP contribution >= 0.6 is 0 Å². The number of likely N-dealkylation sites (tertiary alicyclic amines) is 2. The lowest BCUT2D eigenvalue weighted by Crippen LogP contribution is -2.62. The van der Waals surface area contributed by atoms with E-state index in [4.69, 9.17) is 14.5 Å². The molecule has 7 atom stereocenters. The lowest BCUT2D eigenvalue weighted by Gasteiger charge is -2.44. The molecule has 3 saturated heterocycles. The number of imidazole rings is 1. The predicted molar refractivity (Wildman–Crippen MR) is 268 cm³/mol. The van der Waals surface area contributed by atoms with Crippen LogP contribution in [0.25, 0.3) is 22.4 Å². The van der Waals surface area contributed by atoms with Crippen LogP contribution in [0.2, 0.25) is 0 Å². The summed E-state index contributed by atoms with van der Waals surface area (Å²) in [5.41, 5.74) is -0.0748. The fraction of sp³-hybridized carbons (Fsp3) is 0.528. The third-order valence-corrected chi connectivity index (χ3v) is 14.5. The molecule has 4 N–H and O–H groups in total. The first kappa shape index (κ1) is 53.4. The molecule has 74 heavy (non-hydrogen) atoms. The molecule has 1 aliphatic carbocycles. The van der Waals surface area contributed by atoms with Crippen molar-refractivity contribution in [1.82, 2.24) is 35.0 Å². The number of pyridine rings is 1. The number of fused-ring (bicyclic) bond motifs is 1. The van der Waals surface area contributed by atoms with Gasteiger partial charge in [-0.25, -0.2) is 19.6 Å². The number of halogens is 3. The van der Waals surface area contributed by atoms with E-state index in [0.29, 0.717) is 54.5 Å². The van der Waals surface area contributed by atoms with Gasteiger partial charge in [-0.2, -0.15) is 0 Å². The molecule has 4 aromatic rings. The van der Waals surface area contributed by atoms with Crippen LogP contribution in [-0.2, 0) is 19.1 Å². The van der Waals surface area contributed by atoms with E-state index in [0.717, 1.165) is 31.7 Å². The summed E-state index contributed by atoms with van der Waals surface area (Å²) >= 11 is 0. The van der Waals surface area contributed by atoms with E-state index >= 15 is 0 Å². The van der Waals surface area contributed by atoms with Gasteiger partial charge < -0.3 is 49.6 Å². The molecule has 4 aliphatic rings. The van der Waals surface area contributed by atoms with Crippen LogP contribution in [0.5, 0.6) is 5.75 Å². The third-order valence-electron chi connectivity index (χ3n) is 14.5. The zero-order valence-corrected chi connectivity index (χ0v) is 43.0. The predicted octanol–water partition coefficient (Wildman–Crippen LogP) is 8.30. The molecule has 21 heteroatoms. The van der Waals surface area contributed by atoms with Crippen molar-refractivity contribution < 1.29 is 56.5 Å². The molecule has 1 saturated carbocycles. The second-order valence-electron chi connectivity index (χ2n) is 21.4. The number of ether oxygens (including phenoxy) is 3. The average molecular weight is 1030 g/mol. The number of benzene rings is 2. The lowest BCUT2D eigenvalue weighted by molar-refractivity contribution is -0.274. The van der Waals surface area contributed by atoms with E-state index in [1.54, 1.807) is 75.2 Å².